The first-order valence-electron chi connectivity index (χ1n) is 13.9. The van der Waals surface area contributed by atoms with Gasteiger partial charge in [0, 0.05) is 24.3 Å². The predicted molar refractivity (Wildman–Crippen MR) is 160 cm³/mol. The maximum absolute atomic E-state index is 13.7. The minimum Gasteiger partial charge on any atom is -0.319 e. The van der Waals surface area contributed by atoms with Gasteiger partial charge >= 0.3 is 0 Å². The molecule has 0 spiro atoms. The summed E-state index contributed by atoms with van der Waals surface area (Å²) in [6.45, 7) is 12.6. The summed E-state index contributed by atoms with van der Waals surface area (Å²) in [4.78, 5) is 35.1. The molecule has 6 nitrogen and oxygen atoms in total. The summed E-state index contributed by atoms with van der Waals surface area (Å²) in [5, 5.41) is 3.28. The highest BCUT2D eigenvalue weighted by atomic mass is 35.5. The van der Waals surface area contributed by atoms with Gasteiger partial charge in [-0.2, -0.15) is 0 Å². The van der Waals surface area contributed by atoms with Crippen molar-refractivity contribution in [2.45, 2.75) is 53.4 Å². The standard InChI is InChI=1S/C32H39ClN4O2/c1-22(2)20-36(21-23(3)4)17-6-5-8-24-10-12-25(13-11-24)18-30(38)37-29-15-14-26(33)19-27(29)32(39)35-28-9-7-16-34-31(28)37/h7,9-16,19,22-23H,5-6,8,17-18,20-21H2,1-4H3,(H,35,39). The van der Waals surface area contributed by atoms with Crippen molar-refractivity contribution >= 4 is 40.6 Å². The highest BCUT2D eigenvalue weighted by Gasteiger charge is 2.30. The Labute approximate surface area is 237 Å². The zero-order chi connectivity index (χ0) is 27.9. The van der Waals surface area contributed by atoms with E-state index in [1.807, 2.05) is 12.1 Å². The SMILES string of the molecule is CC(C)CN(CCCCc1ccc(CC(=O)N2c3ccc(Cl)cc3C(=O)Nc3cccnc32)cc1)CC(C)C. The van der Waals surface area contributed by atoms with E-state index in [1.165, 1.54) is 16.9 Å². The Morgan fingerprint density at radius 3 is 2.36 bits per heavy atom. The molecular weight excluding hydrogens is 508 g/mol. The topological polar surface area (TPSA) is 65.5 Å². The van der Waals surface area contributed by atoms with E-state index < -0.39 is 0 Å². The van der Waals surface area contributed by atoms with Crippen LogP contribution in [0.5, 0.6) is 0 Å². The Bertz CT molecular complexity index is 1280. The lowest BCUT2D eigenvalue weighted by molar-refractivity contribution is -0.117. The third kappa shape index (κ3) is 7.68. The molecule has 2 aromatic carbocycles. The number of halogens is 1. The molecule has 0 saturated carbocycles. The monoisotopic (exact) mass is 546 g/mol. The van der Waals surface area contributed by atoms with Crippen LogP contribution >= 0.6 is 11.6 Å². The van der Waals surface area contributed by atoms with Crippen molar-refractivity contribution in [2.75, 3.05) is 29.9 Å². The molecule has 7 heteroatoms. The maximum Gasteiger partial charge on any atom is 0.257 e. The highest BCUT2D eigenvalue weighted by molar-refractivity contribution is 6.31. The van der Waals surface area contributed by atoms with E-state index in [0.29, 0.717) is 39.6 Å². The number of nitrogens with one attached hydrogen (secondary N) is 1. The summed E-state index contributed by atoms with van der Waals surface area (Å²) in [6.07, 6.45) is 5.15. The number of carbonyl (C=O) groups is 2. The number of carbonyl (C=O) groups excluding carboxylic acids is 2. The normalized spacial score (nSPS) is 12.9. The van der Waals surface area contributed by atoms with Crippen molar-refractivity contribution < 1.29 is 9.59 Å². The van der Waals surface area contributed by atoms with E-state index in [-0.39, 0.29) is 18.2 Å². The summed E-state index contributed by atoms with van der Waals surface area (Å²) < 4.78 is 0. The third-order valence-electron chi connectivity index (χ3n) is 6.76. The molecule has 0 radical (unpaired) electrons. The zero-order valence-corrected chi connectivity index (χ0v) is 24.2. The fraction of sp³-hybridized carbons (Fsp3) is 0.406. The molecule has 0 atom stereocenters. The molecule has 1 N–H and O–H groups in total. The van der Waals surface area contributed by atoms with Gasteiger partial charge in [0.2, 0.25) is 5.91 Å². The van der Waals surface area contributed by atoms with E-state index >= 15 is 0 Å². The number of rotatable bonds is 11. The number of aromatic nitrogens is 1. The van der Waals surface area contributed by atoms with Gasteiger partial charge in [-0.05, 0) is 79.1 Å². The summed E-state index contributed by atoms with van der Waals surface area (Å²) >= 11 is 6.18. The van der Waals surface area contributed by atoms with Crippen molar-refractivity contribution in [3.8, 4) is 0 Å². The first-order chi connectivity index (χ1) is 18.7. The minimum atomic E-state index is -0.321. The van der Waals surface area contributed by atoms with Crippen molar-refractivity contribution in [3.63, 3.8) is 0 Å². The Morgan fingerprint density at radius 1 is 0.974 bits per heavy atom. The van der Waals surface area contributed by atoms with E-state index in [4.69, 9.17) is 11.6 Å². The fourth-order valence-electron chi connectivity index (χ4n) is 5.15. The Balaban J connectivity index is 1.41. The van der Waals surface area contributed by atoms with Crippen molar-refractivity contribution in [1.82, 2.24) is 9.88 Å². The first kappa shape index (κ1) is 28.8. The number of benzene rings is 2. The smallest absolute Gasteiger partial charge is 0.257 e. The van der Waals surface area contributed by atoms with Crippen LogP contribution in [0.25, 0.3) is 0 Å². The molecule has 0 unspecified atom stereocenters. The number of amides is 2. The number of unbranched alkanes of at least 4 members (excludes halogenated alkanes) is 1. The average Bonchev–Trinajstić information content (AvgIpc) is 3.00. The largest absolute Gasteiger partial charge is 0.319 e. The lowest BCUT2D eigenvalue weighted by Crippen LogP contribution is -2.32. The molecular formula is C32H39ClN4O2. The minimum absolute atomic E-state index is 0.168. The molecule has 0 fully saturated rings. The van der Waals surface area contributed by atoms with Gasteiger partial charge in [0.05, 0.1) is 23.4 Å². The van der Waals surface area contributed by atoms with Gasteiger partial charge in [-0.15, -0.1) is 0 Å². The molecule has 206 valence electrons. The second kappa shape index (κ2) is 13.2. The van der Waals surface area contributed by atoms with E-state index in [9.17, 15) is 9.59 Å². The molecule has 2 heterocycles. The molecule has 0 bridgehead atoms. The van der Waals surface area contributed by atoms with Gasteiger partial charge in [0.25, 0.3) is 5.91 Å². The van der Waals surface area contributed by atoms with Gasteiger partial charge in [-0.3, -0.25) is 14.5 Å². The van der Waals surface area contributed by atoms with E-state index in [1.54, 1.807) is 36.5 Å². The molecule has 1 aliphatic rings. The second-order valence-corrected chi connectivity index (χ2v) is 11.7. The van der Waals surface area contributed by atoms with Crippen molar-refractivity contribution in [1.29, 1.82) is 0 Å². The van der Waals surface area contributed by atoms with Crippen LogP contribution in [-0.4, -0.2) is 41.3 Å². The van der Waals surface area contributed by atoms with Crippen LogP contribution < -0.4 is 10.2 Å². The lowest BCUT2D eigenvalue weighted by atomic mass is 10.0. The van der Waals surface area contributed by atoms with Gasteiger partial charge in [0.15, 0.2) is 5.82 Å². The number of hydrogen-bond acceptors (Lipinski definition) is 4. The summed E-state index contributed by atoms with van der Waals surface area (Å²) in [5.74, 6) is 1.27. The highest BCUT2D eigenvalue weighted by Crippen LogP contribution is 2.37. The Kier molecular flexibility index (Phi) is 9.76. The molecule has 0 saturated heterocycles. The van der Waals surface area contributed by atoms with E-state index in [0.717, 1.165) is 38.0 Å². The molecule has 1 aliphatic heterocycles. The quantitative estimate of drug-likeness (QED) is 0.259. The van der Waals surface area contributed by atoms with Gasteiger partial charge in [0.1, 0.15) is 0 Å². The third-order valence-corrected chi connectivity index (χ3v) is 6.99. The van der Waals surface area contributed by atoms with Gasteiger partial charge in [-0.1, -0.05) is 63.6 Å². The number of hydrogen-bond donors (Lipinski definition) is 1. The van der Waals surface area contributed by atoms with Crippen LogP contribution in [-0.2, 0) is 17.6 Å². The zero-order valence-electron chi connectivity index (χ0n) is 23.4. The number of anilines is 3. The van der Waals surface area contributed by atoms with E-state index in [2.05, 4.69) is 55.0 Å². The number of aryl methyl sites for hydroxylation is 1. The fourth-order valence-corrected chi connectivity index (χ4v) is 5.32. The molecule has 2 amide bonds. The van der Waals surface area contributed by atoms with Gasteiger partial charge < -0.3 is 10.2 Å². The predicted octanol–water partition coefficient (Wildman–Crippen LogP) is 7.14. The first-order valence-corrected chi connectivity index (χ1v) is 14.3. The molecule has 1 aromatic heterocycles. The molecule has 3 aromatic rings. The van der Waals surface area contributed by atoms with Crippen molar-refractivity contribution in [3.05, 3.63) is 82.5 Å². The average molecular weight is 547 g/mol. The van der Waals surface area contributed by atoms with Crippen LogP contribution in [0.1, 0.15) is 62.0 Å². The second-order valence-electron chi connectivity index (χ2n) is 11.2. The summed E-state index contributed by atoms with van der Waals surface area (Å²) in [6, 6.07) is 16.7. The van der Waals surface area contributed by atoms with Crippen LogP contribution in [0.15, 0.2) is 60.8 Å². The number of fused-ring (bicyclic) bond motifs is 2. The van der Waals surface area contributed by atoms with Crippen LogP contribution in [0, 0.1) is 11.8 Å². The molecule has 39 heavy (non-hydrogen) atoms. The van der Waals surface area contributed by atoms with Crippen molar-refractivity contribution in [2.24, 2.45) is 11.8 Å². The number of nitrogens with zero attached hydrogens (tertiary/aromatic N) is 3. The van der Waals surface area contributed by atoms with Gasteiger partial charge in [-0.25, -0.2) is 4.98 Å². The molecule has 4 rings (SSSR count). The van der Waals surface area contributed by atoms with Crippen LogP contribution in [0.4, 0.5) is 17.2 Å². The van der Waals surface area contributed by atoms with Crippen LogP contribution in [0.3, 0.4) is 0 Å². The Morgan fingerprint density at radius 2 is 1.67 bits per heavy atom. The molecule has 0 aliphatic carbocycles. The summed E-state index contributed by atoms with van der Waals surface area (Å²) in [5.41, 5.74) is 3.49. The Hall–Kier alpha value is -3.22. The van der Waals surface area contributed by atoms with Crippen LogP contribution in [0.2, 0.25) is 5.02 Å². The maximum atomic E-state index is 13.7. The lowest BCUT2D eigenvalue weighted by Gasteiger charge is -2.26. The summed E-state index contributed by atoms with van der Waals surface area (Å²) in [7, 11) is 0. The number of pyridine rings is 1.